The highest BCUT2D eigenvalue weighted by Crippen LogP contribution is 2.65. The van der Waals surface area contributed by atoms with Crippen molar-refractivity contribution < 1.29 is 14.3 Å². The van der Waals surface area contributed by atoms with Gasteiger partial charge in [0.1, 0.15) is 0 Å². The number of hydrogen-bond acceptors (Lipinski definition) is 3. The lowest BCUT2D eigenvalue weighted by Crippen LogP contribution is -2.54. The van der Waals surface area contributed by atoms with E-state index in [9.17, 15) is 9.59 Å². The van der Waals surface area contributed by atoms with Gasteiger partial charge in [0.25, 0.3) is 0 Å². The Hall–Kier alpha value is -1.86. The zero-order valence-corrected chi connectivity index (χ0v) is 19.6. The van der Waals surface area contributed by atoms with Crippen molar-refractivity contribution in [3.05, 3.63) is 47.5 Å². The average Bonchev–Trinajstić information content (AvgIpc) is 3.06. The second-order valence-corrected chi connectivity index (χ2v) is 10.5. The van der Waals surface area contributed by atoms with Crippen LogP contribution >= 0.6 is 15.9 Å². The number of carbonyl (C=O) groups is 2. The van der Waals surface area contributed by atoms with Gasteiger partial charge in [0.2, 0.25) is 0 Å². The van der Waals surface area contributed by atoms with Gasteiger partial charge in [-0.25, -0.2) is 4.79 Å². The maximum atomic E-state index is 13.1. The molecule has 1 aromatic carbocycles. The van der Waals surface area contributed by atoms with Crippen LogP contribution in [0.5, 0.6) is 0 Å². The number of ketones is 1. The molecule has 0 unspecified atom stereocenters. The summed E-state index contributed by atoms with van der Waals surface area (Å²) in [5, 5.41) is 0. The summed E-state index contributed by atoms with van der Waals surface area (Å²) in [6, 6.07) is 9.26. The second-order valence-electron chi connectivity index (χ2n) is 10.1. The highest BCUT2D eigenvalue weighted by molar-refractivity contribution is 9.12. The number of allylic oxidation sites excluding steroid dienone is 1. The third kappa shape index (κ3) is 3.32. The minimum Gasteiger partial charge on any atom is -0.442 e. The molecule has 0 aromatic heterocycles. The Balaban J connectivity index is 1.44. The van der Waals surface area contributed by atoms with Gasteiger partial charge in [0, 0.05) is 27.8 Å². The summed E-state index contributed by atoms with van der Waals surface area (Å²) >= 11 is 3.31. The van der Waals surface area contributed by atoms with E-state index in [0.29, 0.717) is 41.4 Å². The van der Waals surface area contributed by atoms with Crippen molar-refractivity contribution in [3.8, 4) is 10.8 Å². The van der Waals surface area contributed by atoms with Crippen molar-refractivity contribution in [1.82, 2.24) is 0 Å². The van der Waals surface area contributed by atoms with Gasteiger partial charge >= 0.3 is 5.97 Å². The van der Waals surface area contributed by atoms with Crippen molar-refractivity contribution in [1.29, 1.82) is 0 Å². The molecule has 0 amide bonds. The zero-order chi connectivity index (χ0) is 21.6. The molecule has 0 spiro atoms. The first-order valence-corrected chi connectivity index (χ1v) is 12.4. The molecule has 3 fully saturated rings. The predicted octanol–water partition coefficient (Wildman–Crippen LogP) is 6.08. The average molecular weight is 481 g/mol. The van der Waals surface area contributed by atoms with Crippen LogP contribution in [0.2, 0.25) is 0 Å². The number of halogens is 1. The molecular weight excluding hydrogens is 452 g/mol. The zero-order valence-electron chi connectivity index (χ0n) is 18.0. The van der Waals surface area contributed by atoms with E-state index in [1.54, 1.807) is 0 Å². The summed E-state index contributed by atoms with van der Waals surface area (Å²) in [7, 11) is 0. The normalized spacial score (nSPS) is 38.6. The SMILES string of the molecule is C[C@]12CC[C@H]3[C@@H](CCC4=CC(=O)CC[C@@H]43)[C@@H]1CC[C@]2(C#CBr)OC(=O)c1ccccc1. The molecule has 162 valence electrons. The fourth-order valence-electron chi connectivity index (χ4n) is 7.45. The van der Waals surface area contributed by atoms with Crippen molar-refractivity contribution >= 4 is 27.7 Å². The number of benzene rings is 1. The van der Waals surface area contributed by atoms with Gasteiger partial charge in [-0.2, -0.15) is 0 Å². The van der Waals surface area contributed by atoms with Crippen molar-refractivity contribution in [2.24, 2.45) is 29.1 Å². The molecule has 0 N–H and O–H groups in total. The maximum absolute atomic E-state index is 13.1. The molecule has 3 saturated carbocycles. The molecule has 0 radical (unpaired) electrons. The van der Waals surface area contributed by atoms with Gasteiger partial charge in [-0.05, 0) is 97.6 Å². The van der Waals surface area contributed by atoms with E-state index in [-0.39, 0.29) is 11.4 Å². The largest absolute Gasteiger partial charge is 0.442 e. The minimum atomic E-state index is -0.752. The minimum absolute atomic E-state index is 0.148. The fraction of sp³-hybridized carbons (Fsp3) is 0.556. The van der Waals surface area contributed by atoms with Crippen LogP contribution in [0.3, 0.4) is 0 Å². The van der Waals surface area contributed by atoms with Crippen LogP contribution in [-0.4, -0.2) is 17.4 Å². The van der Waals surface area contributed by atoms with Crippen LogP contribution in [0.1, 0.15) is 68.6 Å². The van der Waals surface area contributed by atoms with Crippen LogP contribution in [-0.2, 0) is 9.53 Å². The number of esters is 1. The van der Waals surface area contributed by atoms with Crippen LogP contribution in [0, 0.1) is 39.8 Å². The summed E-state index contributed by atoms with van der Waals surface area (Å²) < 4.78 is 6.30. The van der Waals surface area contributed by atoms with Gasteiger partial charge in [-0.1, -0.05) is 30.7 Å². The lowest BCUT2D eigenvalue weighted by Gasteiger charge is -2.55. The molecule has 0 aliphatic heterocycles. The van der Waals surface area contributed by atoms with E-state index in [1.807, 2.05) is 36.4 Å². The summed E-state index contributed by atoms with van der Waals surface area (Å²) in [6.45, 7) is 2.31. The van der Waals surface area contributed by atoms with Gasteiger partial charge < -0.3 is 4.74 Å². The van der Waals surface area contributed by atoms with E-state index in [0.717, 1.165) is 44.9 Å². The molecule has 0 bridgehead atoms. The Morgan fingerprint density at radius 2 is 1.87 bits per heavy atom. The third-order valence-electron chi connectivity index (χ3n) is 8.95. The maximum Gasteiger partial charge on any atom is 0.339 e. The first-order valence-electron chi connectivity index (χ1n) is 11.6. The summed E-state index contributed by atoms with van der Waals surface area (Å²) in [5.41, 5.74) is 1.09. The standard InChI is InChI=1S/C27H29BrO3/c1-26-13-11-22-21-10-8-20(29)17-19(21)7-9-23(22)24(26)12-14-27(26,15-16-28)31-25(30)18-5-3-2-4-6-18/h2-6,17,21-24H,7-14H2,1H3/t21-,22+,23+,24-,26-,27+/m0/s1. The first-order chi connectivity index (χ1) is 15.0. The number of fused-ring (bicyclic) bond motifs is 5. The Kier molecular flexibility index (Phi) is 5.37. The van der Waals surface area contributed by atoms with Gasteiger partial charge in [-0.3, -0.25) is 4.79 Å². The molecule has 4 aliphatic rings. The topological polar surface area (TPSA) is 43.4 Å². The number of hydrogen-bond donors (Lipinski definition) is 0. The van der Waals surface area contributed by atoms with Crippen molar-refractivity contribution in [2.75, 3.05) is 0 Å². The van der Waals surface area contributed by atoms with E-state index >= 15 is 0 Å². The van der Waals surface area contributed by atoms with Crippen molar-refractivity contribution in [3.63, 3.8) is 0 Å². The second kappa shape index (κ2) is 7.93. The highest BCUT2D eigenvalue weighted by atomic mass is 79.9. The van der Waals surface area contributed by atoms with Crippen molar-refractivity contribution in [2.45, 2.75) is 63.9 Å². The van der Waals surface area contributed by atoms with Crippen LogP contribution in [0.15, 0.2) is 42.0 Å². The van der Waals surface area contributed by atoms with Crippen LogP contribution < -0.4 is 0 Å². The van der Waals surface area contributed by atoms with E-state index in [4.69, 9.17) is 4.74 Å². The number of ether oxygens (including phenoxy) is 1. The molecule has 4 aliphatic carbocycles. The summed E-state index contributed by atoms with van der Waals surface area (Å²) in [5.74, 6) is 5.72. The molecule has 0 heterocycles. The highest BCUT2D eigenvalue weighted by Gasteiger charge is 2.64. The molecule has 3 nitrogen and oxygen atoms in total. The molecule has 0 saturated heterocycles. The first kappa shape index (κ1) is 21.0. The third-order valence-corrected chi connectivity index (χ3v) is 9.14. The van der Waals surface area contributed by atoms with Gasteiger partial charge in [0.15, 0.2) is 11.4 Å². The summed E-state index contributed by atoms with van der Waals surface area (Å²) in [6.07, 6.45) is 9.85. The monoisotopic (exact) mass is 480 g/mol. The Labute approximate surface area is 193 Å². The fourth-order valence-corrected chi connectivity index (χ4v) is 7.77. The predicted molar refractivity (Wildman–Crippen MR) is 123 cm³/mol. The van der Waals surface area contributed by atoms with E-state index in [1.165, 1.54) is 5.57 Å². The molecular formula is C27H29BrO3. The van der Waals surface area contributed by atoms with Crippen LogP contribution in [0.25, 0.3) is 0 Å². The number of carbonyl (C=O) groups excluding carboxylic acids is 2. The van der Waals surface area contributed by atoms with Gasteiger partial charge in [-0.15, -0.1) is 0 Å². The molecule has 6 atom stereocenters. The van der Waals surface area contributed by atoms with E-state index in [2.05, 4.69) is 33.6 Å². The smallest absolute Gasteiger partial charge is 0.339 e. The lowest BCUT2D eigenvalue weighted by molar-refractivity contribution is -0.116. The lowest BCUT2D eigenvalue weighted by atomic mass is 9.50. The molecule has 1 aromatic rings. The van der Waals surface area contributed by atoms with Crippen LogP contribution in [0.4, 0.5) is 0 Å². The Morgan fingerprint density at radius 3 is 2.65 bits per heavy atom. The molecule has 5 rings (SSSR count). The van der Waals surface area contributed by atoms with E-state index < -0.39 is 5.60 Å². The molecule has 4 heteroatoms. The Bertz CT molecular complexity index is 987. The number of rotatable bonds is 2. The summed E-state index contributed by atoms with van der Waals surface area (Å²) in [4.78, 5) is 27.9. The van der Waals surface area contributed by atoms with Gasteiger partial charge in [0.05, 0.1) is 5.56 Å². The Morgan fingerprint density at radius 1 is 1.06 bits per heavy atom. The quantitative estimate of drug-likeness (QED) is 0.380. The molecule has 31 heavy (non-hydrogen) atoms.